The normalized spacial score (nSPS) is 22.9. The lowest BCUT2D eigenvalue weighted by molar-refractivity contribution is -0.0223. The van der Waals surface area contributed by atoms with Crippen molar-refractivity contribution in [2.75, 3.05) is 13.1 Å². The summed E-state index contributed by atoms with van der Waals surface area (Å²) in [4.78, 5) is 12.5. The van der Waals surface area contributed by atoms with E-state index in [2.05, 4.69) is 30.4 Å². The van der Waals surface area contributed by atoms with Crippen LogP contribution < -0.4 is 5.32 Å². The summed E-state index contributed by atoms with van der Waals surface area (Å²) in [6.07, 6.45) is 2.54. The molecule has 1 aliphatic heterocycles. The molecule has 0 aromatic heterocycles. The number of carboxylic acid groups (broad SMARTS) is 1. The van der Waals surface area contributed by atoms with Crippen molar-refractivity contribution in [1.82, 2.24) is 10.2 Å². The van der Waals surface area contributed by atoms with Crippen LogP contribution in [0.25, 0.3) is 0 Å². The Labute approximate surface area is 136 Å². The molecule has 1 aromatic rings. The first-order chi connectivity index (χ1) is 11.0. The van der Waals surface area contributed by atoms with Crippen LogP contribution in [-0.2, 0) is 0 Å². The molecule has 3 rings (SSSR count). The summed E-state index contributed by atoms with van der Waals surface area (Å²) in [5.41, 5.74) is 0.856. The number of nitrogens with zero attached hydrogens (tertiary/aromatic N) is 2. The van der Waals surface area contributed by atoms with E-state index in [1.807, 2.05) is 18.2 Å². The molecule has 0 bridgehead atoms. The number of rotatable bonds is 3. The van der Waals surface area contributed by atoms with Crippen molar-refractivity contribution in [2.24, 2.45) is 5.41 Å². The maximum atomic E-state index is 11.0. The van der Waals surface area contributed by atoms with Gasteiger partial charge >= 0.3 is 6.09 Å². The Hall–Kier alpha value is -2.06. The molecule has 1 saturated carbocycles. The number of hydrogen-bond acceptors (Lipinski definition) is 3. The van der Waals surface area contributed by atoms with E-state index in [0.29, 0.717) is 13.1 Å². The summed E-state index contributed by atoms with van der Waals surface area (Å²) in [6.45, 7) is 3.27. The van der Waals surface area contributed by atoms with Crippen LogP contribution in [0.15, 0.2) is 30.3 Å². The van der Waals surface area contributed by atoms with E-state index in [0.717, 1.165) is 25.7 Å². The Bertz CT molecular complexity index is 607. The second-order valence-electron chi connectivity index (χ2n) is 7.09. The molecule has 5 heteroatoms. The predicted molar refractivity (Wildman–Crippen MR) is 86.8 cm³/mol. The number of likely N-dealkylation sites (tertiary alicyclic amines) is 1. The fourth-order valence-electron chi connectivity index (χ4n) is 4.21. The third-order valence-corrected chi connectivity index (χ3v) is 5.45. The molecule has 1 aromatic carbocycles. The van der Waals surface area contributed by atoms with Crippen LogP contribution in [-0.4, -0.2) is 34.7 Å². The average Bonchev–Trinajstić information content (AvgIpc) is 2.54. The summed E-state index contributed by atoms with van der Waals surface area (Å²) in [5, 5.41) is 22.2. The van der Waals surface area contributed by atoms with Gasteiger partial charge in [0.1, 0.15) is 5.54 Å². The molecule has 1 aliphatic carbocycles. The SMILES string of the molecule is C[C@H](NC1(C#N)CC2(CCN(C(=O)O)CC2)C1)c1ccccc1. The summed E-state index contributed by atoms with van der Waals surface area (Å²) < 4.78 is 0. The second-order valence-corrected chi connectivity index (χ2v) is 7.09. The minimum absolute atomic E-state index is 0.132. The largest absolute Gasteiger partial charge is 0.465 e. The number of benzene rings is 1. The van der Waals surface area contributed by atoms with E-state index >= 15 is 0 Å². The quantitative estimate of drug-likeness (QED) is 0.898. The number of nitriles is 1. The third kappa shape index (κ3) is 3.04. The highest BCUT2D eigenvalue weighted by Crippen LogP contribution is 2.55. The monoisotopic (exact) mass is 313 g/mol. The van der Waals surface area contributed by atoms with Gasteiger partial charge in [0.15, 0.2) is 0 Å². The van der Waals surface area contributed by atoms with Crippen molar-refractivity contribution in [3.63, 3.8) is 0 Å². The third-order valence-electron chi connectivity index (χ3n) is 5.45. The fourth-order valence-corrected chi connectivity index (χ4v) is 4.21. The van der Waals surface area contributed by atoms with Crippen LogP contribution in [0.2, 0.25) is 0 Å². The van der Waals surface area contributed by atoms with Crippen LogP contribution in [0.3, 0.4) is 0 Å². The molecule has 0 radical (unpaired) electrons. The van der Waals surface area contributed by atoms with Gasteiger partial charge in [-0.1, -0.05) is 30.3 Å². The molecule has 2 fully saturated rings. The molecule has 1 atom stereocenters. The van der Waals surface area contributed by atoms with Gasteiger partial charge in [0.25, 0.3) is 0 Å². The minimum Gasteiger partial charge on any atom is -0.465 e. The van der Waals surface area contributed by atoms with Gasteiger partial charge in [-0.2, -0.15) is 5.26 Å². The van der Waals surface area contributed by atoms with Crippen LogP contribution in [0.1, 0.15) is 44.2 Å². The molecule has 0 unspecified atom stereocenters. The van der Waals surface area contributed by atoms with Gasteiger partial charge in [0.05, 0.1) is 6.07 Å². The first-order valence-corrected chi connectivity index (χ1v) is 8.19. The van der Waals surface area contributed by atoms with Gasteiger partial charge in [0, 0.05) is 19.1 Å². The number of carbonyl (C=O) groups is 1. The summed E-state index contributed by atoms with van der Waals surface area (Å²) in [5.74, 6) is 0. The lowest BCUT2D eigenvalue weighted by Gasteiger charge is -2.56. The maximum absolute atomic E-state index is 11.0. The highest BCUT2D eigenvalue weighted by atomic mass is 16.4. The van der Waals surface area contributed by atoms with E-state index in [9.17, 15) is 10.1 Å². The van der Waals surface area contributed by atoms with Crippen molar-refractivity contribution < 1.29 is 9.90 Å². The minimum atomic E-state index is -0.832. The summed E-state index contributed by atoms with van der Waals surface area (Å²) in [6, 6.07) is 12.8. The molecule has 122 valence electrons. The van der Waals surface area contributed by atoms with Gasteiger partial charge < -0.3 is 10.0 Å². The van der Waals surface area contributed by atoms with Crippen LogP contribution >= 0.6 is 0 Å². The second kappa shape index (κ2) is 5.86. The zero-order valence-electron chi connectivity index (χ0n) is 13.5. The molecular formula is C18H23N3O2. The van der Waals surface area contributed by atoms with Gasteiger partial charge in [-0.15, -0.1) is 0 Å². The zero-order valence-corrected chi connectivity index (χ0v) is 13.5. The van der Waals surface area contributed by atoms with Crippen LogP contribution in [0, 0.1) is 16.7 Å². The van der Waals surface area contributed by atoms with Crippen molar-refractivity contribution in [1.29, 1.82) is 5.26 Å². The Balaban J connectivity index is 1.61. The molecule has 2 N–H and O–H groups in total. The molecule has 5 nitrogen and oxygen atoms in total. The number of nitrogens with one attached hydrogen (secondary N) is 1. The van der Waals surface area contributed by atoms with E-state index in [-0.39, 0.29) is 11.5 Å². The molecule has 1 saturated heterocycles. The molecule has 1 amide bonds. The molecular weight excluding hydrogens is 290 g/mol. The van der Waals surface area contributed by atoms with Crippen molar-refractivity contribution >= 4 is 6.09 Å². The Kier molecular flexibility index (Phi) is 4.03. The number of amides is 1. The van der Waals surface area contributed by atoms with Gasteiger partial charge in [0.2, 0.25) is 0 Å². The highest BCUT2D eigenvalue weighted by Gasteiger charge is 2.56. The van der Waals surface area contributed by atoms with Gasteiger partial charge in [-0.05, 0) is 43.6 Å². The van der Waals surface area contributed by atoms with Crippen molar-refractivity contribution in [2.45, 2.75) is 44.2 Å². The molecule has 1 spiro atoms. The Morgan fingerprint density at radius 2 is 1.91 bits per heavy atom. The molecule has 1 heterocycles. The van der Waals surface area contributed by atoms with Gasteiger partial charge in [-0.3, -0.25) is 5.32 Å². The van der Waals surface area contributed by atoms with E-state index in [4.69, 9.17) is 5.11 Å². The van der Waals surface area contributed by atoms with Crippen molar-refractivity contribution in [3.05, 3.63) is 35.9 Å². The standard InChI is InChI=1S/C18H23N3O2/c1-14(15-5-3-2-4-6-15)20-18(13-19)11-17(12-18)7-9-21(10-8-17)16(22)23/h2-6,14,20H,7-12H2,1H3,(H,22,23)/t14-/m0/s1. The highest BCUT2D eigenvalue weighted by molar-refractivity contribution is 5.65. The lowest BCUT2D eigenvalue weighted by Crippen LogP contribution is -2.62. The topological polar surface area (TPSA) is 76.4 Å². The smallest absolute Gasteiger partial charge is 0.407 e. The number of piperidine rings is 1. The van der Waals surface area contributed by atoms with E-state index in [1.54, 1.807) is 0 Å². The molecule has 23 heavy (non-hydrogen) atoms. The predicted octanol–water partition coefficient (Wildman–Crippen LogP) is 3.15. The Morgan fingerprint density at radius 1 is 1.30 bits per heavy atom. The fraction of sp³-hybridized carbons (Fsp3) is 0.556. The number of hydrogen-bond donors (Lipinski definition) is 2. The maximum Gasteiger partial charge on any atom is 0.407 e. The van der Waals surface area contributed by atoms with Crippen LogP contribution in [0.4, 0.5) is 4.79 Å². The average molecular weight is 313 g/mol. The zero-order chi connectivity index (χ0) is 16.5. The van der Waals surface area contributed by atoms with Gasteiger partial charge in [-0.25, -0.2) is 4.79 Å². The first-order valence-electron chi connectivity index (χ1n) is 8.19. The van der Waals surface area contributed by atoms with Crippen molar-refractivity contribution in [3.8, 4) is 6.07 Å². The lowest BCUT2D eigenvalue weighted by atomic mass is 9.54. The Morgan fingerprint density at radius 3 is 2.43 bits per heavy atom. The van der Waals surface area contributed by atoms with Crippen LogP contribution in [0.5, 0.6) is 0 Å². The molecule has 2 aliphatic rings. The van der Waals surface area contributed by atoms with E-state index in [1.165, 1.54) is 10.5 Å². The first kappa shape index (κ1) is 15.8. The summed E-state index contributed by atoms with van der Waals surface area (Å²) in [7, 11) is 0. The van der Waals surface area contributed by atoms with E-state index < -0.39 is 11.6 Å². The summed E-state index contributed by atoms with van der Waals surface area (Å²) >= 11 is 0.